The van der Waals surface area contributed by atoms with Gasteiger partial charge < -0.3 is 9.88 Å². The number of carbonyl (C=O) groups excluding carboxylic acids is 1. The lowest BCUT2D eigenvalue weighted by Gasteiger charge is -2.33. The molecule has 2 fully saturated rings. The molecule has 1 amide bonds. The largest absolute Gasteiger partial charge is 0.351 e. The molecule has 1 saturated heterocycles. The number of rotatable bonds is 8. The number of carbonyl (C=O) groups is 1. The summed E-state index contributed by atoms with van der Waals surface area (Å²) < 4.78 is 29.2. The molecule has 1 N–H and O–H groups in total. The molecule has 1 aliphatic heterocycles. The van der Waals surface area contributed by atoms with Crippen LogP contribution < -0.4 is 4.31 Å². The highest BCUT2D eigenvalue weighted by molar-refractivity contribution is 7.94. The monoisotopic (exact) mass is 555 g/mol. The summed E-state index contributed by atoms with van der Waals surface area (Å²) in [6.07, 6.45) is 4.05. The van der Waals surface area contributed by atoms with Gasteiger partial charge in [-0.3, -0.25) is 14.0 Å². The fourth-order valence-corrected chi connectivity index (χ4v) is 8.37. The third-order valence-electron chi connectivity index (χ3n) is 7.04. The van der Waals surface area contributed by atoms with Crippen LogP contribution in [0.4, 0.5) is 5.69 Å². The number of fused-ring (bicyclic) bond motifs is 1. The van der Waals surface area contributed by atoms with Crippen LogP contribution in [0.15, 0.2) is 52.2 Å². The fraction of sp³-hybridized carbons (Fsp3) is 0.385. The topological polar surface area (TPSA) is 89.6 Å². The summed E-state index contributed by atoms with van der Waals surface area (Å²) in [5.74, 6) is 0.537. The Hall–Kier alpha value is -2.73. The number of H-pyrrole nitrogens is 1. The van der Waals surface area contributed by atoms with E-state index in [-0.39, 0.29) is 5.91 Å². The molecule has 3 aromatic heterocycles. The molecule has 1 aromatic carbocycles. The van der Waals surface area contributed by atoms with Crippen molar-refractivity contribution >= 4 is 55.2 Å². The van der Waals surface area contributed by atoms with Gasteiger partial charge in [0.1, 0.15) is 9.22 Å². The number of nitrogens with zero attached hydrogens (tertiary/aromatic N) is 4. The molecule has 2 aliphatic rings. The summed E-state index contributed by atoms with van der Waals surface area (Å²) >= 11 is 2.90. The van der Waals surface area contributed by atoms with Crippen molar-refractivity contribution in [1.29, 1.82) is 0 Å². The first-order chi connectivity index (χ1) is 17.9. The van der Waals surface area contributed by atoms with Crippen LogP contribution in [0.1, 0.15) is 24.6 Å². The first kappa shape index (κ1) is 24.6. The fourth-order valence-electron chi connectivity index (χ4n) is 4.79. The Morgan fingerprint density at radius 3 is 2.68 bits per heavy atom. The lowest BCUT2D eigenvalue weighted by molar-refractivity contribution is -0.130. The predicted molar refractivity (Wildman–Crippen MR) is 149 cm³/mol. The maximum atomic E-state index is 13.6. The van der Waals surface area contributed by atoms with Crippen LogP contribution in [-0.4, -0.2) is 66.8 Å². The number of benzene rings is 1. The van der Waals surface area contributed by atoms with Crippen molar-refractivity contribution in [1.82, 2.24) is 19.8 Å². The van der Waals surface area contributed by atoms with Crippen LogP contribution in [0.5, 0.6) is 0 Å². The Morgan fingerprint density at radius 2 is 1.97 bits per heavy atom. The number of hydrogen-bond donors (Lipinski definition) is 1. The van der Waals surface area contributed by atoms with E-state index in [2.05, 4.69) is 20.9 Å². The molecular weight excluding hydrogens is 527 g/mol. The molecule has 0 spiro atoms. The molecule has 37 heavy (non-hydrogen) atoms. The lowest BCUT2D eigenvalue weighted by Crippen LogP contribution is -2.47. The maximum absolute atomic E-state index is 13.6. The molecule has 1 aliphatic carbocycles. The highest BCUT2D eigenvalue weighted by Crippen LogP contribution is 2.39. The second kappa shape index (κ2) is 9.86. The molecule has 0 bridgehead atoms. The molecular formula is C26H29N5O3S3. The van der Waals surface area contributed by atoms with Gasteiger partial charge in [0.15, 0.2) is 0 Å². The minimum atomic E-state index is -3.65. The highest BCUT2D eigenvalue weighted by atomic mass is 32.2. The molecule has 8 nitrogen and oxygen atoms in total. The van der Waals surface area contributed by atoms with E-state index < -0.39 is 10.0 Å². The van der Waals surface area contributed by atoms with Gasteiger partial charge >= 0.3 is 0 Å². The van der Waals surface area contributed by atoms with Crippen molar-refractivity contribution in [3.05, 3.63) is 52.9 Å². The number of piperazine rings is 1. The van der Waals surface area contributed by atoms with Gasteiger partial charge in [0.25, 0.3) is 10.0 Å². The van der Waals surface area contributed by atoms with Gasteiger partial charge in [0.2, 0.25) is 5.91 Å². The van der Waals surface area contributed by atoms with Crippen LogP contribution in [0.25, 0.3) is 21.6 Å². The van der Waals surface area contributed by atoms with Gasteiger partial charge in [0, 0.05) is 62.7 Å². The number of thiazole rings is 1. The van der Waals surface area contributed by atoms with Gasteiger partial charge in [-0.1, -0.05) is 18.2 Å². The van der Waals surface area contributed by atoms with Gasteiger partial charge in [-0.25, -0.2) is 13.4 Å². The average Bonchev–Trinajstić information content (AvgIpc) is 3.28. The lowest BCUT2D eigenvalue weighted by atomic mass is 10.2. The summed E-state index contributed by atoms with van der Waals surface area (Å²) in [7, 11) is -3.65. The average molecular weight is 556 g/mol. The van der Waals surface area contributed by atoms with E-state index in [1.165, 1.54) is 16.2 Å². The number of aromatic amines is 1. The number of sulfonamides is 1. The number of anilines is 1. The molecule has 0 radical (unpaired) electrons. The van der Waals surface area contributed by atoms with Gasteiger partial charge in [-0.2, -0.15) is 0 Å². The van der Waals surface area contributed by atoms with E-state index in [1.807, 2.05) is 29.3 Å². The van der Waals surface area contributed by atoms with E-state index in [0.717, 1.165) is 67.2 Å². The van der Waals surface area contributed by atoms with Crippen molar-refractivity contribution in [2.75, 3.05) is 37.0 Å². The molecule has 6 rings (SSSR count). The van der Waals surface area contributed by atoms with Crippen LogP contribution in [0.3, 0.4) is 0 Å². The molecule has 0 atom stereocenters. The Kier molecular flexibility index (Phi) is 6.56. The smallest absolute Gasteiger partial charge is 0.273 e. The molecule has 4 heterocycles. The maximum Gasteiger partial charge on any atom is 0.273 e. The van der Waals surface area contributed by atoms with E-state index in [4.69, 9.17) is 0 Å². The van der Waals surface area contributed by atoms with Crippen LogP contribution in [0.2, 0.25) is 0 Å². The Balaban J connectivity index is 1.27. The molecule has 11 heteroatoms. The standard InChI is InChI=1S/C26H29N5O3S3/c1-18(32)30-11-9-29(10-12-30)17-21-15-27-26(36-21)22-14-20-4-2-5-23(25(20)28-22)31(16-19-7-8-19)37(33,34)24-6-3-13-35-24/h2-6,13-15,19,28H,7-12,16-17H2,1H3. The summed E-state index contributed by atoms with van der Waals surface area (Å²) in [5.41, 5.74) is 2.39. The number of para-hydroxylation sites is 1. The molecule has 1 saturated carbocycles. The predicted octanol–water partition coefficient (Wildman–Crippen LogP) is 4.62. The van der Waals surface area contributed by atoms with Crippen molar-refractivity contribution in [3.63, 3.8) is 0 Å². The highest BCUT2D eigenvalue weighted by Gasteiger charge is 2.33. The third-order valence-corrected chi connectivity index (χ3v) is 11.2. The summed E-state index contributed by atoms with van der Waals surface area (Å²) in [5, 5.41) is 3.65. The summed E-state index contributed by atoms with van der Waals surface area (Å²) in [6.45, 7) is 6.17. The number of nitrogens with one attached hydrogen (secondary N) is 1. The third kappa shape index (κ3) is 5.05. The number of aromatic nitrogens is 2. The molecule has 0 unspecified atom stereocenters. The van der Waals surface area contributed by atoms with E-state index in [9.17, 15) is 13.2 Å². The van der Waals surface area contributed by atoms with Crippen LogP contribution >= 0.6 is 22.7 Å². The van der Waals surface area contributed by atoms with Gasteiger partial charge in [-0.05, 0) is 42.3 Å². The zero-order valence-electron chi connectivity index (χ0n) is 20.6. The number of hydrogen-bond acceptors (Lipinski definition) is 7. The minimum absolute atomic E-state index is 0.136. The van der Waals surface area contributed by atoms with Crippen molar-refractivity contribution in [2.45, 2.75) is 30.5 Å². The SMILES string of the molecule is CC(=O)N1CCN(Cc2cnc(-c3cc4cccc(N(CC5CC5)S(=O)(=O)c5cccs5)c4[nH]3)s2)CC1. The first-order valence-corrected chi connectivity index (χ1v) is 15.6. The second-order valence-corrected chi connectivity index (χ2v) is 13.9. The number of amides is 1. The Bertz CT molecular complexity index is 1510. The van der Waals surface area contributed by atoms with E-state index in [1.54, 1.807) is 40.1 Å². The zero-order valence-corrected chi connectivity index (χ0v) is 23.0. The Labute approximate surface area is 224 Å². The number of thiophene rings is 1. The zero-order chi connectivity index (χ0) is 25.6. The second-order valence-electron chi connectivity index (χ2n) is 9.75. The minimum Gasteiger partial charge on any atom is -0.351 e. The van der Waals surface area contributed by atoms with Crippen molar-refractivity contribution in [3.8, 4) is 10.7 Å². The van der Waals surface area contributed by atoms with Crippen LogP contribution in [-0.2, 0) is 21.4 Å². The van der Waals surface area contributed by atoms with Crippen molar-refractivity contribution < 1.29 is 13.2 Å². The van der Waals surface area contributed by atoms with Crippen molar-refractivity contribution in [2.24, 2.45) is 5.92 Å². The normalized spacial score (nSPS) is 16.9. The van der Waals surface area contributed by atoms with E-state index >= 15 is 0 Å². The van der Waals surface area contributed by atoms with Gasteiger partial charge in [0.05, 0.1) is 16.9 Å². The quantitative estimate of drug-likeness (QED) is 0.343. The first-order valence-electron chi connectivity index (χ1n) is 12.5. The Morgan fingerprint density at radius 1 is 1.16 bits per heavy atom. The summed E-state index contributed by atoms with van der Waals surface area (Å²) in [6, 6.07) is 11.3. The van der Waals surface area contributed by atoms with Crippen LogP contribution in [0, 0.1) is 5.92 Å². The van der Waals surface area contributed by atoms with Gasteiger partial charge in [-0.15, -0.1) is 22.7 Å². The summed E-state index contributed by atoms with van der Waals surface area (Å²) in [4.78, 5) is 25.2. The molecule has 194 valence electrons. The molecule has 4 aromatic rings. The van der Waals surface area contributed by atoms with E-state index in [0.29, 0.717) is 22.4 Å².